The van der Waals surface area contributed by atoms with Crippen LogP contribution in [0.1, 0.15) is 21.6 Å². The molecule has 1 aromatic heterocycles. The smallest absolute Gasteiger partial charge is 0.259 e. The van der Waals surface area contributed by atoms with Crippen LogP contribution in [-0.4, -0.2) is 70.1 Å². The molecule has 0 aliphatic carbocycles. The summed E-state index contributed by atoms with van der Waals surface area (Å²) in [4.78, 5) is 46.9. The van der Waals surface area contributed by atoms with Crippen LogP contribution < -0.4 is 0 Å². The Bertz CT molecular complexity index is 930. The van der Waals surface area contributed by atoms with E-state index in [1.54, 1.807) is 28.1 Å². The van der Waals surface area contributed by atoms with E-state index in [2.05, 4.69) is 11.6 Å². The average Bonchev–Trinajstić information content (AvgIpc) is 2.99. The van der Waals surface area contributed by atoms with Gasteiger partial charge in [-0.3, -0.25) is 24.3 Å². The number of piperazine rings is 1. The van der Waals surface area contributed by atoms with Crippen molar-refractivity contribution in [2.24, 2.45) is 0 Å². The summed E-state index contributed by atoms with van der Waals surface area (Å²) >= 11 is 0. The molecule has 1 saturated heterocycles. The Morgan fingerprint density at radius 2 is 1.52 bits per heavy atom. The number of fused-ring (bicyclic) bond motifs is 1. The van der Waals surface area contributed by atoms with Crippen molar-refractivity contribution in [2.75, 3.05) is 32.7 Å². The number of aromatic nitrogens is 1. The third-order valence-electron chi connectivity index (χ3n) is 5.38. The number of nitrogens with zero attached hydrogens (tertiary/aromatic N) is 4. The third kappa shape index (κ3) is 3.76. The van der Waals surface area contributed by atoms with Gasteiger partial charge >= 0.3 is 0 Å². The zero-order valence-electron chi connectivity index (χ0n) is 16.1. The van der Waals surface area contributed by atoms with E-state index < -0.39 is 0 Å². The number of hydrogen-bond acceptors (Lipinski definition) is 4. The maximum atomic E-state index is 12.7. The largest absolute Gasteiger partial charge is 0.339 e. The maximum Gasteiger partial charge on any atom is 0.259 e. The predicted molar refractivity (Wildman–Crippen MR) is 108 cm³/mol. The van der Waals surface area contributed by atoms with Crippen LogP contribution >= 0.6 is 0 Å². The molecule has 7 nitrogen and oxygen atoms in total. The molecular weight excluding hydrogens is 368 g/mol. The number of rotatable bonds is 4. The number of amides is 3. The molecule has 1 fully saturated rings. The first-order chi connectivity index (χ1) is 14.0. The van der Waals surface area contributed by atoms with Gasteiger partial charge in [0.2, 0.25) is 11.8 Å². The number of benzene rings is 1. The van der Waals surface area contributed by atoms with Gasteiger partial charge in [0.15, 0.2) is 0 Å². The second-order valence-corrected chi connectivity index (χ2v) is 7.14. The molecule has 7 heteroatoms. The number of carbonyl (C=O) groups excluding carboxylic acids is 3. The van der Waals surface area contributed by atoms with Crippen molar-refractivity contribution in [2.45, 2.75) is 6.42 Å². The van der Waals surface area contributed by atoms with Crippen LogP contribution in [0, 0.1) is 0 Å². The van der Waals surface area contributed by atoms with Crippen LogP contribution in [0.3, 0.4) is 0 Å². The third-order valence-corrected chi connectivity index (χ3v) is 5.38. The number of hydrogen-bond donors (Lipinski definition) is 0. The Morgan fingerprint density at radius 1 is 0.897 bits per heavy atom. The zero-order valence-corrected chi connectivity index (χ0v) is 16.1. The van der Waals surface area contributed by atoms with Crippen molar-refractivity contribution in [3.8, 4) is 0 Å². The van der Waals surface area contributed by atoms with Crippen LogP contribution in [0.5, 0.6) is 0 Å². The van der Waals surface area contributed by atoms with Crippen LogP contribution in [0.15, 0.2) is 55.2 Å². The Morgan fingerprint density at radius 3 is 2.14 bits per heavy atom. The highest BCUT2D eigenvalue weighted by Gasteiger charge is 2.33. The molecule has 4 rings (SSSR count). The molecule has 0 spiro atoms. The van der Waals surface area contributed by atoms with Gasteiger partial charge in [-0.15, -0.1) is 0 Å². The maximum absolute atomic E-state index is 12.7. The van der Waals surface area contributed by atoms with Crippen LogP contribution in [0.4, 0.5) is 0 Å². The van der Waals surface area contributed by atoms with Gasteiger partial charge < -0.3 is 9.80 Å². The Labute approximate surface area is 169 Å². The fraction of sp³-hybridized carbons (Fsp3) is 0.273. The lowest BCUT2D eigenvalue weighted by atomic mass is 10.1. The van der Waals surface area contributed by atoms with E-state index in [0.717, 1.165) is 11.3 Å². The van der Waals surface area contributed by atoms with E-state index in [1.807, 2.05) is 30.3 Å². The van der Waals surface area contributed by atoms with Gasteiger partial charge in [0.1, 0.15) is 6.54 Å². The standard InChI is InChI=1S/C22H22N4O3/c1-16-18-7-2-3-8-19(18)22(29)26(16)15-21(28)25-12-10-24(11-13-25)20(27)14-17-6-4-5-9-23-17/h2-9H,1,10-15H2. The van der Waals surface area contributed by atoms with Crippen molar-refractivity contribution in [1.29, 1.82) is 0 Å². The van der Waals surface area contributed by atoms with Gasteiger partial charge in [-0.2, -0.15) is 0 Å². The first-order valence-corrected chi connectivity index (χ1v) is 9.60. The highest BCUT2D eigenvalue weighted by molar-refractivity contribution is 6.10. The lowest BCUT2D eigenvalue weighted by Crippen LogP contribution is -2.52. The van der Waals surface area contributed by atoms with Crippen molar-refractivity contribution < 1.29 is 14.4 Å². The van der Waals surface area contributed by atoms with Crippen molar-refractivity contribution >= 4 is 23.4 Å². The SMILES string of the molecule is C=C1c2ccccc2C(=O)N1CC(=O)N1CCN(C(=O)Cc2ccccn2)CC1. The molecule has 148 valence electrons. The molecule has 3 amide bonds. The summed E-state index contributed by atoms with van der Waals surface area (Å²) in [5, 5.41) is 0. The molecule has 0 unspecified atom stereocenters. The van der Waals surface area contributed by atoms with Crippen LogP contribution in [-0.2, 0) is 16.0 Å². The molecule has 0 radical (unpaired) electrons. The Balaban J connectivity index is 1.31. The summed E-state index contributed by atoms with van der Waals surface area (Å²) in [5.41, 5.74) is 2.65. The predicted octanol–water partition coefficient (Wildman–Crippen LogP) is 1.42. The van der Waals surface area contributed by atoms with E-state index in [1.165, 1.54) is 4.90 Å². The minimum atomic E-state index is -0.192. The van der Waals surface area contributed by atoms with Gasteiger partial charge in [-0.25, -0.2) is 0 Å². The molecule has 0 saturated carbocycles. The highest BCUT2D eigenvalue weighted by Crippen LogP contribution is 2.30. The van der Waals surface area contributed by atoms with E-state index in [0.29, 0.717) is 37.4 Å². The second-order valence-electron chi connectivity index (χ2n) is 7.14. The van der Waals surface area contributed by atoms with E-state index >= 15 is 0 Å². The summed E-state index contributed by atoms with van der Waals surface area (Å²) < 4.78 is 0. The minimum Gasteiger partial charge on any atom is -0.339 e. The summed E-state index contributed by atoms with van der Waals surface area (Å²) in [6.07, 6.45) is 1.93. The molecule has 2 aliphatic heterocycles. The molecule has 2 aliphatic rings. The molecule has 0 N–H and O–H groups in total. The number of carbonyl (C=O) groups is 3. The summed E-state index contributed by atoms with van der Waals surface area (Å²) in [6, 6.07) is 12.7. The topological polar surface area (TPSA) is 73.8 Å². The normalized spacial score (nSPS) is 16.2. The molecule has 1 aromatic carbocycles. The zero-order chi connectivity index (χ0) is 20.4. The Hall–Kier alpha value is -3.48. The lowest BCUT2D eigenvalue weighted by Gasteiger charge is -2.35. The fourth-order valence-electron chi connectivity index (χ4n) is 3.71. The van der Waals surface area contributed by atoms with Crippen molar-refractivity contribution in [3.63, 3.8) is 0 Å². The lowest BCUT2D eigenvalue weighted by molar-refractivity contribution is -0.139. The summed E-state index contributed by atoms with van der Waals surface area (Å²) in [5.74, 6) is -0.318. The highest BCUT2D eigenvalue weighted by atomic mass is 16.2. The quantitative estimate of drug-likeness (QED) is 0.792. The van der Waals surface area contributed by atoms with Crippen molar-refractivity contribution in [3.05, 3.63) is 72.1 Å². The van der Waals surface area contributed by atoms with Gasteiger partial charge in [0, 0.05) is 54.9 Å². The fourth-order valence-corrected chi connectivity index (χ4v) is 3.71. The molecule has 2 aromatic rings. The second kappa shape index (κ2) is 7.87. The minimum absolute atomic E-state index is 0.00865. The van der Waals surface area contributed by atoms with E-state index in [4.69, 9.17) is 0 Å². The molecule has 29 heavy (non-hydrogen) atoms. The monoisotopic (exact) mass is 390 g/mol. The van der Waals surface area contributed by atoms with E-state index in [9.17, 15) is 14.4 Å². The first kappa shape index (κ1) is 18.9. The van der Waals surface area contributed by atoms with Gasteiger partial charge in [-0.1, -0.05) is 30.8 Å². The van der Waals surface area contributed by atoms with Crippen LogP contribution in [0.2, 0.25) is 0 Å². The molecule has 0 atom stereocenters. The van der Waals surface area contributed by atoms with E-state index in [-0.39, 0.29) is 30.7 Å². The summed E-state index contributed by atoms with van der Waals surface area (Å²) in [7, 11) is 0. The van der Waals surface area contributed by atoms with Gasteiger partial charge in [0.25, 0.3) is 5.91 Å². The van der Waals surface area contributed by atoms with Crippen molar-refractivity contribution in [1.82, 2.24) is 19.7 Å². The number of pyridine rings is 1. The van der Waals surface area contributed by atoms with Crippen LogP contribution in [0.25, 0.3) is 5.70 Å². The first-order valence-electron chi connectivity index (χ1n) is 9.60. The molecular formula is C22H22N4O3. The Kier molecular flexibility index (Phi) is 5.12. The molecule has 3 heterocycles. The average molecular weight is 390 g/mol. The summed E-state index contributed by atoms with van der Waals surface area (Å²) in [6.45, 7) is 5.81. The van der Waals surface area contributed by atoms with Gasteiger partial charge in [-0.05, 0) is 18.2 Å². The van der Waals surface area contributed by atoms with Gasteiger partial charge in [0.05, 0.1) is 6.42 Å². The molecule has 0 bridgehead atoms.